The molecule has 0 spiro atoms. The highest BCUT2D eigenvalue weighted by atomic mass is 32.2. The van der Waals surface area contributed by atoms with Gasteiger partial charge in [-0.15, -0.1) is 0 Å². The molecule has 0 radical (unpaired) electrons. The lowest BCUT2D eigenvalue weighted by Crippen LogP contribution is -2.53. The third-order valence-electron chi connectivity index (χ3n) is 7.68. The molecule has 0 heterocycles. The average Bonchev–Trinajstić information content (AvgIpc) is 3.05. The number of hydrogen-bond acceptors (Lipinski definition) is 4. The van der Waals surface area contributed by atoms with Gasteiger partial charge in [-0.05, 0) is 64.9 Å². The van der Waals surface area contributed by atoms with E-state index in [4.69, 9.17) is 0 Å². The van der Waals surface area contributed by atoms with Gasteiger partial charge in [0.15, 0.2) is 0 Å². The van der Waals surface area contributed by atoms with Crippen molar-refractivity contribution in [1.29, 1.82) is 0 Å². The molecule has 4 aromatic carbocycles. The minimum absolute atomic E-state index is 0.0305. The van der Waals surface area contributed by atoms with E-state index in [1.807, 2.05) is 70.2 Å². The van der Waals surface area contributed by atoms with E-state index < -0.39 is 34.3 Å². The lowest BCUT2D eigenvalue weighted by molar-refractivity contribution is -0.140. The van der Waals surface area contributed by atoms with Gasteiger partial charge in [-0.1, -0.05) is 100 Å². The maximum Gasteiger partial charge on any atom is 0.264 e. The van der Waals surface area contributed by atoms with E-state index in [2.05, 4.69) is 5.32 Å². The van der Waals surface area contributed by atoms with Crippen LogP contribution in [0.15, 0.2) is 114 Å². The SMILES string of the molecule is CC(C)CNC(=O)[C@H](Cc1ccccc1)N(Cc1ccc(F)cc1)C(=O)CN(c1ccc(C(C)C)cc1)S(=O)(=O)c1ccccc1. The second-order valence-corrected chi connectivity index (χ2v) is 13.9. The van der Waals surface area contributed by atoms with Crippen LogP contribution in [0.2, 0.25) is 0 Å². The van der Waals surface area contributed by atoms with Crippen LogP contribution in [-0.4, -0.2) is 44.3 Å². The molecule has 0 aromatic heterocycles. The van der Waals surface area contributed by atoms with E-state index >= 15 is 0 Å². The molecule has 7 nitrogen and oxygen atoms in total. The topological polar surface area (TPSA) is 86.8 Å². The molecule has 0 saturated heterocycles. The number of carbonyl (C=O) groups is 2. The van der Waals surface area contributed by atoms with Crippen LogP contribution in [-0.2, 0) is 32.6 Å². The Morgan fingerprint density at radius 2 is 1.35 bits per heavy atom. The van der Waals surface area contributed by atoms with Gasteiger partial charge < -0.3 is 10.2 Å². The minimum Gasteiger partial charge on any atom is -0.354 e. The zero-order valence-corrected chi connectivity index (χ0v) is 27.6. The Balaban J connectivity index is 1.79. The van der Waals surface area contributed by atoms with Crippen LogP contribution < -0.4 is 9.62 Å². The van der Waals surface area contributed by atoms with Crippen LogP contribution in [0.4, 0.5) is 10.1 Å². The fraction of sp³-hybridized carbons (Fsp3) is 0.297. The molecule has 0 aliphatic rings. The van der Waals surface area contributed by atoms with Gasteiger partial charge in [0, 0.05) is 19.5 Å². The number of amides is 2. The van der Waals surface area contributed by atoms with Crippen molar-refractivity contribution in [3.8, 4) is 0 Å². The molecule has 0 unspecified atom stereocenters. The Kier molecular flexibility index (Phi) is 11.7. The highest BCUT2D eigenvalue weighted by molar-refractivity contribution is 7.92. The number of carbonyl (C=O) groups excluding carboxylic acids is 2. The number of halogens is 1. The first-order valence-electron chi connectivity index (χ1n) is 15.5. The third-order valence-corrected chi connectivity index (χ3v) is 9.47. The summed E-state index contributed by atoms with van der Waals surface area (Å²) in [5, 5.41) is 2.97. The molecule has 2 amide bonds. The summed E-state index contributed by atoms with van der Waals surface area (Å²) in [4.78, 5) is 29.8. The molecular weight excluding hydrogens is 601 g/mol. The monoisotopic (exact) mass is 643 g/mol. The summed E-state index contributed by atoms with van der Waals surface area (Å²) in [7, 11) is -4.18. The van der Waals surface area contributed by atoms with E-state index in [0.717, 1.165) is 15.4 Å². The van der Waals surface area contributed by atoms with E-state index in [1.165, 1.54) is 29.2 Å². The first-order chi connectivity index (χ1) is 22.0. The van der Waals surface area contributed by atoms with Gasteiger partial charge >= 0.3 is 0 Å². The van der Waals surface area contributed by atoms with Crippen LogP contribution in [0.1, 0.15) is 50.3 Å². The summed E-state index contributed by atoms with van der Waals surface area (Å²) in [5.41, 5.74) is 2.78. The Hall–Kier alpha value is -4.50. The van der Waals surface area contributed by atoms with Crippen molar-refractivity contribution in [2.24, 2.45) is 5.92 Å². The standard InChI is InChI=1S/C37H42FN3O4S/c1-27(2)24-39-37(43)35(23-29-11-7-5-8-12-29)40(25-30-15-19-32(38)20-16-30)36(42)26-41(33-21-17-31(18-22-33)28(3)4)46(44,45)34-13-9-6-10-14-34/h5-22,27-28,35H,23-26H2,1-4H3,(H,39,43)/t35-/m0/s1. The normalized spacial score (nSPS) is 12.2. The van der Waals surface area contributed by atoms with E-state index in [9.17, 15) is 22.4 Å². The molecule has 4 rings (SSSR count). The summed E-state index contributed by atoms with van der Waals surface area (Å²) in [6.07, 6.45) is 0.201. The predicted molar refractivity (Wildman–Crippen MR) is 180 cm³/mol. The van der Waals surface area contributed by atoms with Gasteiger partial charge in [-0.25, -0.2) is 12.8 Å². The van der Waals surface area contributed by atoms with Gasteiger partial charge in [0.2, 0.25) is 11.8 Å². The number of nitrogens with zero attached hydrogens (tertiary/aromatic N) is 2. The average molecular weight is 644 g/mol. The summed E-state index contributed by atoms with van der Waals surface area (Å²) in [6, 6.07) is 29.2. The summed E-state index contributed by atoms with van der Waals surface area (Å²) in [6.45, 7) is 7.86. The Labute approximate surface area is 272 Å². The molecule has 0 fully saturated rings. The number of benzene rings is 4. The van der Waals surface area contributed by atoms with Crippen molar-refractivity contribution >= 4 is 27.5 Å². The van der Waals surface area contributed by atoms with Crippen molar-refractivity contribution in [1.82, 2.24) is 10.2 Å². The van der Waals surface area contributed by atoms with E-state index in [-0.39, 0.29) is 35.6 Å². The summed E-state index contributed by atoms with van der Waals surface area (Å²) < 4.78 is 43.2. The largest absolute Gasteiger partial charge is 0.354 e. The van der Waals surface area contributed by atoms with Gasteiger partial charge in [-0.2, -0.15) is 0 Å². The first kappa shape index (κ1) is 34.4. The molecule has 0 aliphatic carbocycles. The lowest BCUT2D eigenvalue weighted by atomic mass is 10.0. The molecule has 1 N–H and O–H groups in total. The van der Waals surface area contributed by atoms with Crippen molar-refractivity contribution < 1.29 is 22.4 Å². The van der Waals surface area contributed by atoms with E-state index in [0.29, 0.717) is 17.8 Å². The third kappa shape index (κ3) is 9.03. The maximum absolute atomic E-state index is 14.5. The lowest BCUT2D eigenvalue weighted by Gasteiger charge is -2.34. The van der Waals surface area contributed by atoms with Gasteiger partial charge in [0.05, 0.1) is 10.6 Å². The number of sulfonamides is 1. The number of hydrogen-bond donors (Lipinski definition) is 1. The van der Waals surface area contributed by atoms with Crippen LogP contribution in [0.25, 0.3) is 0 Å². The molecule has 46 heavy (non-hydrogen) atoms. The predicted octanol–water partition coefficient (Wildman–Crippen LogP) is 6.56. The molecule has 9 heteroatoms. The number of nitrogens with one attached hydrogen (secondary N) is 1. The smallest absolute Gasteiger partial charge is 0.264 e. The van der Waals surface area contributed by atoms with E-state index in [1.54, 1.807) is 42.5 Å². The highest BCUT2D eigenvalue weighted by Gasteiger charge is 2.34. The molecule has 0 bridgehead atoms. The zero-order valence-electron chi connectivity index (χ0n) is 26.8. The number of rotatable bonds is 14. The Morgan fingerprint density at radius 3 is 1.91 bits per heavy atom. The van der Waals surface area contributed by atoms with Crippen molar-refractivity contribution in [2.75, 3.05) is 17.4 Å². The maximum atomic E-state index is 14.5. The first-order valence-corrected chi connectivity index (χ1v) is 16.9. The van der Waals surface area contributed by atoms with Gasteiger partial charge in [0.1, 0.15) is 18.4 Å². The second kappa shape index (κ2) is 15.7. The Bertz CT molecular complexity index is 1680. The van der Waals surface area contributed by atoms with Crippen molar-refractivity contribution in [3.63, 3.8) is 0 Å². The van der Waals surface area contributed by atoms with Crippen LogP contribution in [0, 0.1) is 11.7 Å². The molecule has 242 valence electrons. The van der Waals surface area contributed by atoms with Gasteiger partial charge in [-0.3, -0.25) is 13.9 Å². The second-order valence-electron chi connectivity index (χ2n) is 12.1. The van der Waals surface area contributed by atoms with Gasteiger partial charge in [0.25, 0.3) is 10.0 Å². The molecule has 0 aliphatic heterocycles. The fourth-order valence-electron chi connectivity index (χ4n) is 5.04. The highest BCUT2D eigenvalue weighted by Crippen LogP contribution is 2.27. The minimum atomic E-state index is -4.18. The molecule has 0 saturated carbocycles. The zero-order chi connectivity index (χ0) is 33.3. The van der Waals surface area contributed by atoms with Crippen LogP contribution in [0.3, 0.4) is 0 Å². The van der Waals surface area contributed by atoms with Crippen molar-refractivity contribution in [2.45, 2.75) is 57.5 Å². The van der Waals surface area contributed by atoms with Crippen molar-refractivity contribution in [3.05, 3.63) is 132 Å². The summed E-state index contributed by atoms with van der Waals surface area (Å²) >= 11 is 0. The fourth-order valence-corrected chi connectivity index (χ4v) is 6.47. The molecular formula is C37H42FN3O4S. The molecule has 1 atom stereocenters. The number of anilines is 1. The summed E-state index contributed by atoms with van der Waals surface area (Å²) in [5.74, 6) is -0.960. The molecule has 4 aromatic rings. The van der Waals surface area contributed by atoms with Crippen LogP contribution in [0.5, 0.6) is 0 Å². The van der Waals surface area contributed by atoms with Crippen LogP contribution >= 0.6 is 0 Å². The Morgan fingerprint density at radius 1 is 0.761 bits per heavy atom. The quantitative estimate of drug-likeness (QED) is 0.169.